The second kappa shape index (κ2) is 8.40. The number of rotatable bonds is 7. The molecule has 0 saturated carbocycles. The predicted octanol–water partition coefficient (Wildman–Crippen LogP) is 3.80. The Morgan fingerprint density at radius 2 is 1.72 bits per heavy atom. The SMILES string of the molecule is CCOC(=O)c1ccccc1N(CC)S(=O)(=O)c1ccc(SC)cc1. The number of hydrogen-bond donors (Lipinski definition) is 0. The fourth-order valence-electron chi connectivity index (χ4n) is 2.42. The molecule has 0 aromatic heterocycles. The third kappa shape index (κ3) is 4.16. The number of carbonyl (C=O) groups is 1. The number of esters is 1. The van der Waals surface area contributed by atoms with E-state index in [-0.39, 0.29) is 23.6 Å². The van der Waals surface area contributed by atoms with Crippen LogP contribution in [0.15, 0.2) is 58.3 Å². The lowest BCUT2D eigenvalue weighted by atomic mass is 10.2. The summed E-state index contributed by atoms with van der Waals surface area (Å²) in [5.74, 6) is -0.538. The lowest BCUT2D eigenvalue weighted by Gasteiger charge is -2.24. The van der Waals surface area contributed by atoms with Gasteiger partial charge in [-0.25, -0.2) is 13.2 Å². The first-order valence-corrected chi connectivity index (χ1v) is 10.5. The molecular weight excluding hydrogens is 358 g/mol. The Balaban J connectivity index is 2.50. The number of anilines is 1. The molecule has 7 heteroatoms. The normalized spacial score (nSPS) is 11.2. The fourth-order valence-corrected chi connectivity index (χ4v) is 4.32. The van der Waals surface area contributed by atoms with Gasteiger partial charge in [-0.2, -0.15) is 0 Å². The zero-order valence-electron chi connectivity index (χ0n) is 14.4. The number of benzene rings is 2. The number of ether oxygens (including phenoxy) is 1. The number of nitrogens with zero attached hydrogens (tertiary/aromatic N) is 1. The number of sulfonamides is 1. The fraction of sp³-hybridized carbons (Fsp3) is 0.278. The summed E-state index contributed by atoms with van der Waals surface area (Å²) in [5.41, 5.74) is 0.549. The van der Waals surface area contributed by atoms with Crippen molar-refractivity contribution in [3.05, 3.63) is 54.1 Å². The number of thioether (sulfide) groups is 1. The van der Waals surface area contributed by atoms with Crippen molar-refractivity contribution in [1.29, 1.82) is 0 Å². The second-order valence-electron chi connectivity index (χ2n) is 5.08. The van der Waals surface area contributed by atoms with Gasteiger partial charge < -0.3 is 4.74 Å². The van der Waals surface area contributed by atoms with Crippen molar-refractivity contribution in [2.75, 3.05) is 23.7 Å². The first kappa shape index (κ1) is 19.3. The summed E-state index contributed by atoms with van der Waals surface area (Å²) in [6, 6.07) is 13.3. The molecule has 2 aromatic rings. The van der Waals surface area contributed by atoms with Crippen molar-refractivity contribution < 1.29 is 17.9 Å². The molecule has 2 aromatic carbocycles. The molecule has 0 saturated heterocycles. The van der Waals surface area contributed by atoms with Gasteiger partial charge in [0.25, 0.3) is 10.0 Å². The van der Waals surface area contributed by atoms with E-state index in [4.69, 9.17) is 4.74 Å². The molecule has 0 spiro atoms. The highest BCUT2D eigenvalue weighted by molar-refractivity contribution is 7.98. The van der Waals surface area contributed by atoms with Crippen LogP contribution in [-0.4, -0.2) is 33.8 Å². The van der Waals surface area contributed by atoms with Crippen molar-refractivity contribution in [2.24, 2.45) is 0 Å². The molecular formula is C18H21NO4S2. The Bertz CT molecular complexity index is 832. The summed E-state index contributed by atoms with van der Waals surface area (Å²) in [7, 11) is -3.78. The van der Waals surface area contributed by atoms with Crippen molar-refractivity contribution in [2.45, 2.75) is 23.6 Å². The molecule has 0 fully saturated rings. The molecule has 0 aliphatic carbocycles. The van der Waals surface area contributed by atoms with Gasteiger partial charge in [-0.05, 0) is 56.5 Å². The summed E-state index contributed by atoms with van der Waals surface area (Å²) < 4.78 is 32.4. The van der Waals surface area contributed by atoms with Crippen molar-refractivity contribution in [3.8, 4) is 0 Å². The summed E-state index contributed by atoms with van der Waals surface area (Å²) in [6.07, 6.45) is 1.93. The molecule has 0 atom stereocenters. The third-order valence-corrected chi connectivity index (χ3v) is 6.25. The lowest BCUT2D eigenvalue weighted by molar-refractivity contribution is 0.0527. The van der Waals surface area contributed by atoms with E-state index in [1.54, 1.807) is 74.1 Å². The first-order valence-electron chi connectivity index (χ1n) is 7.88. The molecule has 0 heterocycles. The summed E-state index contributed by atoms with van der Waals surface area (Å²) in [4.78, 5) is 13.4. The van der Waals surface area contributed by atoms with E-state index in [2.05, 4.69) is 0 Å². The monoisotopic (exact) mass is 379 g/mol. The van der Waals surface area contributed by atoms with E-state index in [9.17, 15) is 13.2 Å². The zero-order chi connectivity index (χ0) is 18.4. The largest absolute Gasteiger partial charge is 0.462 e. The highest BCUT2D eigenvalue weighted by Crippen LogP contribution is 2.28. The van der Waals surface area contributed by atoms with Gasteiger partial charge in [0.05, 0.1) is 22.8 Å². The maximum Gasteiger partial charge on any atom is 0.340 e. The summed E-state index contributed by atoms with van der Waals surface area (Å²) >= 11 is 1.54. The Kier molecular flexibility index (Phi) is 6.50. The van der Waals surface area contributed by atoms with Gasteiger partial charge in [-0.3, -0.25) is 4.31 Å². The van der Waals surface area contributed by atoms with Crippen molar-refractivity contribution >= 4 is 33.4 Å². The maximum atomic E-state index is 13.1. The van der Waals surface area contributed by atoms with Gasteiger partial charge in [-0.1, -0.05) is 12.1 Å². The minimum Gasteiger partial charge on any atom is -0.462 e. The quantitative estimate of drug-likeness (QED) is 0.541. The van der Waals surface area contributed by atoms with Gasteiger partial charge in [0.1, 0.15) is 0 Å². The Hall–Kier alpha value is -1.99. The highest BCUT2D eigenvalue weighted by atomic mass is 32.2. The van der Waals surface area contributed by atoms with Gasteiger partial charge in [0, 0.05) is 11.4 Å². The minimum atomic E-state index is -3.78. The van der Waals surface area contributed by atoms with Crippen LogP contribution in [0, 0.1) is 0 Å². The topological polar surface area (TPSA) is 63.7 Å². The third-order valence-electron chi connectivity index (χ3n) is 3.60. The first-order chi connectivity index (χ1) is 12.0. The van der Waals surface area contributed by atoms with Crippen LogP contribution in [0.1, 0.15) is 24.2 Å². The van der Waals surface area contributed by atoms with Gasteiger partial charge >= 0.3 is 5.97 Å². The van der Waals surface area contributed by atoms with Crippen LogP contribution in [0.25, 0.3) is 0 Å². The summed E-state index contributed by atoms with van der Waals surface area (Å²) in [5, 5.41) is 0. The van der Waals surface area contributed by atoms with Crippen LogP contribution in [-0.2, 0) is 14.8 Å². The highest BCUT2D eigenvalue weighted by Gasteiger charge is 2.27. The van der Waals surface area contributed by atoms with E-state index in [1.165, 1.54) is 4.31 Å². The average Bonchev–Trinajstić information content (AvgIpc) is 2.62. The van der Waals surface area contributed by atoms with Crippen LogP contribution < -0.4 is 4.31 Å². The van der Waals surface area contributed by atoms with E-state index in [1.807, 2.05) is 6.26 Å². The summed E-state index contributed by atoms with van der Waals surface area (Å²) in [6.45, 7) is 3.86. The number of carbonyl (C=O) groups excluding carboxylic acids is 1. The van der Waals surface area contributed by atoms with E-state index in [0.29, 0.717) is 5.69 Å². The van der Waals surface area contributed by atoms with Crippen LogP contribution in [0.3, 0.4) is 0 Å². The van der Waals surface area contributed by atoms with Gasteiger partial charge in [-0.15, -0.1) is 11.8 Å². The van der Waals surface area contributed by atoms with Crippen molar-refractivity contribution in [3.63, 3.8) is 0 Å². The Morgan fingerprint density at radius 1 is 1.08 bits per heavy atom. The number of hydrogen-bond acceptors (Lipinski definition) is 5. The average molecular weight is 380 g/mol. The second-order valence-corrected chi connectivity index (χ2v) is 7.82. The van der Waals surface area contributed by atoms with E-state index >= 15 is 0 Å². The maximum absolute atomic E-state index is 13.1. The van der Waals surface area contributed by atoms with Gasteiger partial charge in [0.2, 0.25) is 0 Å². The molecule has 5 nitrogen and oxygen atoms in total. The van der Waals surface area contributed by atoms with Crippen LogP contribution in [0.5, 0.6) is 0 Å². The molecule has 0 aliphatic heterocycles. The molecule has 2 rings (SSSR count). The molecule has 134 valence electrons. The molecule has 0 amide bonds. The van der Waals surface area contributed by atoms with Crippen LogP contribution >= 0.6 is 11.8 Å². The zero-order valence-corrected chi connectivity index (χ0v) is 16.1. The molecule has 0 N–H and O–H groups in total. The van der Waals surface area contributed by atoms with Crippen LogP contribution in [0.2, 0.25) is 0 Å². The molecule has 0 aliphatic rings. The van der Waals surface area contributed by atoms with Crippen LogP contribution in [0.4, 0.5) is 5.69 Å². The smallest absolute Gasteiger partial charge is 0.340 e. The Labute approximate surface area is 153 Å². The Morgan fingerprint density at radius 3 is 2.28 bits per heavy atom. The predicted molar refractivity (Wildman–Crippen MR) is 101 cm³/mol. The molecule has 0 unspecified atom stereocenters. The van der Waals surface area contributed by atoms with Crippen molar-refractivity contribution in [1.82, 2.24) is 0 Å². The van der Waals surface area contributed by atoms with E-state index < -0.39 is 16.0 Å². The number of para-hydroxylation sites is 1. The molecule has 0 radical (unpaired) electrons. The standard InChI is InChI=1S/C18H21NO4S2/c1-4-19(17-9-7-6-8-16(17)18(20)23-5-2)25(21,22)15-12-10-14(24-3)11-13-15/h6-13H,4-5H2,1-3H3. The van der Waals surface area contributed by atoms with E-state index in [0.717, 1.165) is 4.90 Å². The minimum absolute atomic E-state index is 0.186. The lowest BCUT2D eigenvalue weighted by Crippen LogP contribution is -2.32. The molecule has 0 bridgehead atoms. The molecule has 25 heavy (non-hydrogen) atoms. The van der Waals surface area contributed by atoms with Gasteiger partial charge in [0.15, 0.2) is 0 Å².